The second-order valence-electron chi connectivity index (χ2n) is 5.28. The van der Waals surface area contributed by atoms with E-state index >= 15 is 0 Å². The Morgan fingerprint density at radius 1 is 1.16 bits per heavy atom. The number of nitrogens with one attached hydrogen (secondary N) is 1. The first-order chi connectivity index (χ1) is 12.3. The minimum absolute atomic E-state index is 0.171. The smallest absolute Gasteiger partial charge is 0.273 e. The van der Waals surface area contributed by atoms with Crippen LogP contribution >= 0.6 is 0 Å². The van der Waals surface area contributed by atoms with Gasteiger partial charge in [0.25, 0.3) is 5.91 Å². The van der Waals surface area contributed by atoms with E-state index < -0.39 is 0 Å². The van der Waals surface area contributed by atoms with E-state index in [-0.39, 0.29) is 24.2 Å². The summed E-state index contributed by atoms with van der Waals surface area (Å²) in [4.78, 5) is 12.3. The van der Waals surface area contributed by atoms with Crippen molar-refractivity contribution in [2.75, 3.05) is 6.54 Å². The number of amides is 1. The highest BCUT2D eigenvalue weighted by atomic mass is 16.5. The van der Waals surface area contributed by atoms with E-state index in [1.54, 1.807) is 35.3 Å². The van der Waals surface area contributed by atoms with Gasteiger partial charge in [-0.2, -0.15) is 5.10 Å². The van der Waals surface area contributed by atoms with Crippen molar-refractivity contribution >= 4 is 5.91 Å². The molecule has 1 amide bonds. The summed E-state index contributed by atoms with van der Waals surface area (Å²) in [6.45, 7) is 0.289. The first kappa shape index (κ1) is 15.0. The van der Waals surface area contributed by atoms with Gasteiger partial charge in [0.15, 0.2) is 11.5 Å². The number of hydrogen-bond donors (Lipinski definition) is 1. The lowest BCUT2D eigenvalue weighted by Crippen LogP contribution is -2.31. The zero-order valence-electron chi connectivity index (χ0n) is 13.0. The van der Waals surface area contributed by atoms with Crippen molar-refractivity contribution in [3.63, 3.8) is 0 Å². The SMILES string of the molecule is O=C(NCC(c1ccco1)n1cccn1)c1cc(-c2ccco2)on1. The van der Waals surface area contributed by atoms with Crippen LogP contribution in [0.5, 0.6) is 0 Å². The summed E-state index contributed by atoms with van der Waals surface area (Å²) in [6, 6.07) is 10.2. The Kier molecular flexibility index (Phi) is 3.91. The van der Waals surface area contributed by atoms with Crippen LogP contribution in [-0.2, 0) is 0 Å². The van der Waals surface area contributed by atoms with E-state index in [0.29, 0.717) is 17.3 Å². The summed E-state index contributed by atoms with van der Waals surface area (Å²) in [5.74, 6) is 1.24. The number of carbonyl (C=O) groups is 1. The molecule has 8 nitrogen and oxygen atoms in total. The molecule has 0 aliphatic heterocycles. The van der Waals surface area contributed by atoms with Gasteiger partial charge < -0.3 is 18.7 Å². The average molecular weight is 338 g/mol. The Morgan fingerprint density at radius 2 is 2.04 bits per heavy atom. The van der Waals surface area contributed by atoms with Crippen molar-refractivity contribution in [3.05, 3.63) is 72.8 Å². The maximum Gasteiger partial charge on any atom is 0.273 e. The Labute approximate surface area is 142 Å². The molecule has 1 unspecified atom stereocenters. The first-order valence-electron chi connectivity index (χ1n) is 7.62. The lowest BCUT2D eigenvalue weighted by Gasteiger charge is -2.15. The summed E-state index contributed by atoms with van der Waals surface area (Å²) in [5, 5.41) is 10.8. The van der Waals surface area contributed by atoms with Gasteiger partial charge in [-0.1, -0.05) is 5.16 Å². The maximum absolute atomic E-state index is 12.3. The fourth-order valence-corrected chi connectivity index (χ4v) is 2.47. The zero-order valence-corrected chi connectivity index (χ0v) is 13.0. The molecule has 0 aliphatic carbocycles. The quantitative estimate of drug-likeness (QED) is 0.580. The highest BCUT2D eigenvalue weighted by Gasteiger charge is 2.20. The molecule has 4 heterocycles. The van der Waals surface area contributed by atoms with E-state index in [0.717, 1.165) is 0 Å². The molecule has 4 rings (SSSR count). The zero-order chi connectivity index (χ0) is 17.1. The molecule has 1 atom stereocenters. The van der Waals surface area contributed by atoms with Gasteiger partial charge in [-0.15, -0.1) is 0 Å². The largest absolute Gasteiger partial charge is 0.467 e. The molecule has 0 saturated heterocycles. The van der Waals surface area contributed by atoms with Gasteiger partial charge in [-0.05, 0) is 30.3 Å². The van der Waals surface area contributed by atoms with Crippen molar-refractivity contribution < 1.29 is 18.2 Å². The Balaban J connectivity index is 1.47. The Bertz CT molecular complexity index is 889. The van der Waals surface area contributed by atoms with E-state index in [2.05, 4.69) is 15.6 Å². The second-order valence-corrected chi connectivity index (χ2v) is 5.28. The van der Waals surface area contributed by atoms with Crippen LogP contribution in [0.15, 0.2) is 74.7 Å². The number of rotatable bonds is 6. The van der Waals surface area contributed by atoms with Crippen LogP contribution in [0.25, 0.3) is 11.5 Å². The van der Waals surface area contributed by atoms with Crippen LogP contribution in [0.2, 0.25) is 0 Å². The minimum Gasteiger partial charge on any atom is -0.467 e. The molecule has 4 aromatic rings. The third kappa shape index (κ3) is 3.09. The number of aromatic nitrogens is 3. The normalized spacial score (nSPS) is 12.2. The van der Waals surface area contributed by atoms with Crippen molar-refractivity contribution in [3.8, 4) is 11.5 Å². The lowest BCUT2D eigenvalue weighted by atomic mass is 10.2. The van der Waals surface area contributed by atoms with Crippen molar-refractivity contribution in [1.82, 2.24) is 20.3 Å². The van der Waals surface area contributed by atoms with Gasteiger partial charge in [-0.25, -0.2) is 0 Å². The van der Waals surface area contributed by atoms with Crippen LogP contribution in [0.3, 0.4) is 0 Å². The van der Waals surface area contributed by atoms with Gasteiger partial charge in [0.05, 0.1) is 12.5 Å². The van der Waals surface area contributed by atoms with Gasteiger partial charge in [0, 0.05) is 25.0 Å². The number of nitrogens with zero attached hydrogens (tertiary/aromatic N) is 3. The molecule has 126 valence electrons. The molecule has 4 aromatic heterocycles. The fraction of sp³-hybridized carbons (Fsp3) is 0.118. The molecule has 8 heteroatoms. The summed E-state index contributed by atoms with van der Waals surface area (Å²) in [6.07, 6.45) is 6.59. The van der Waals surface area contributed by atoms with Crippen molar-refractivity contribution in [2.24, 2.45) is 0 Å². The fourth-order valence-electron chi connectivity index (χ4n) is 2.47. The van der Waals surface area contributed by atoms with E-state index in [1.807, 2.05) is 18.3 Å². The van der Waals surface area contributed by atoms with E-state index in [4.69, 9.17) is 13.4 Å². The molecule has 0 spiro atoms. The average Bonchev–Trinajstić information content (AvgIpc) is 3.43. The molecule has 0 radical (unpaired) electrons. The van der Waals surface area contributed by atoms with E-state index in [1.165, 1.54) is 12.3 Å². The molecular formula is C17H14N4O4. The number of hydrogen-bond acceptors (Lipinski definition) is 6. The molecular weight excluding hydrogens is 324 g/mol. The predicted molar refractivity (Wildman–Crippen MR) is 85.6 cm³/mol. The lowest BCUT2D eigenvalue weighted by molar-refractivity contribution is 0.0939. The Morgan fingerprint density at radius 3 is 2.76 bits per heavy atom. The van der Waals surface area contributed by atoms with Crippen molar-refractivity contribution in [1.29, 1.82) is 0 Å². The second kappa shape index (κ2) is 6.52. The third-order valence-electron chi connectivity index (χ3n) is 3.68. The van der Waals surface area contributed by atoms with Crippen LogP contribution in [0.1, 0.15) is 22.3 Å². The predicted octanol–water partition coefficient (Wildman–Crippen LogP) is 2.74. The molecule has 0 aliphatic rings. The van der Waals surface area contributed by atoms with Crippen LogP contribution < -0.4 is 5.32 Å². The van der Waals surface area contributed by atoms with Crippen LogP contribution in [0, 0.1) is 0 Å². The molecule has 0 saturated carbocycles. The number of furan rings is 2. The summed E-state index contributed by atoms with van der Waals surface area (Å²) < 4.78 is 17.5. The van der Waals surface area contributed by atoms with E-state index in [9.17, 15) is 4.79 Å². The molecule has 25 heavy (non-hydrogen) atoms. The van der Waals surface area contributed by atoms with Crippen LogP contribution in [0.4, 0.5) is 0 Å². The number of carbonyl (C=O) groups excluding carboxylic acids is 1. The van der Waals surface area contributed by atoms with Crippen molar-refractivity contribution in [2.45, 2.75) is 6.04 Å². The summed E-state index contributed by atoms with van der Waals surface area (Å²) in [7, 11) is 0. The third-order valence-corrected chi connectivity index (χ3v) is 3.68. The maximum atomic E-state index is 12.3. The van der Waals surface area contributed by atoms with Gasteiger partial charge in [0.1, 0.15) is 11.8 Å². The highest BCUT2D eigenvalue weighted by Crippen LogP contribution is 2.21. The highest BCUT2D eigenvalue weighted by molar-refractivity contribution is 5.92. The molecule has 1 N–H and O–H groups in total. The first-order valence-corrected chi connectivity index (χ1v) is 7.62. The summed E-state index contributed by atoms with van der Waals surface area (Å²) >= 11 is 0. The molecule has 0 fully saturated rings. The van der Waals surface area contributed by atoms with Gasteiger partial charge in [0.2, 0.25) is 5.76 Å². The molecule has 0 bridgehead atoms. The van der Waals surface area contributed by atoms with Gasteiger partial charge in [-0.3, -0.25) is 9.48 Å². The summed E-state index contributed by atoms with van der Waals surface area (Å²) in [5.41, 5.74) is 0.171. The minimum atomic E-state index is -0.356. The Hall–Kier alpha value is -3.55. The van der Waals surface area contributed by atoms with Crippen LogP contribution in [-0.4, -0.2) is 27.4 Å². The topological polar surface area (TPSA) is 99.2 Å². The van der Waals surface area contributed by atoms with Gasteiger partial charge >= 0.3 is 0 Å². The monoisotopic (exact) mass is 338 g/mol. The molecule has 0 aromatic carbocycles. The standard InChI is InChI=1S/C17H14N4O4/c22-17(12-10-16(25-20-12)15-5-2-9-24-15)18-11-13(14-4-1-8-23-14)21-7-3-6-19-21/h1-10,13H,11H2,(H,18,22).